The number of hydrogen-bond donors (Lipinski definition) is 2. The van der Waals surface area contributed by atoms with E-state index in [1.165, 1.54) is 13.8 Å². The number of aliphatic hydroxyl groups excluding tert-OH is 1. The Morgan fingerprint density at radius 3 is 2.57 bits per heavy atom. The van der Waals surface area contributed by atoms with Crippen molar-refractivity contribution in [2.45, 2.75) is 26.3 Å². The Balaban J connectivity index is 2.71. The lowest BCUT2D eigenvalue weighted by atomic mass is 9.98. The minimum absolute atomic E-state index is 0.0405. The maximum absolute atomic E-state index is 11.0. The van der Waals surface area contributed by atoms with Gasteiger partial charge in [0, 0.05) is 13.3 Å². The second-order valence-corrected chi connectivity index (χ2v) is 3.29. The Labute approximate surface area is 82.3 Å². The molecule has 14 heavy (non-hydrogen) atoms. The minimum Gasteiger partial charge on any atom is -0.511 e. The third-order valence-electron chi connectivity index (χ3n) is 1.99. The Kier molecular flexibility index (Phi) is 3.06. The van der Waals surface area contributed by atoms with Gasteiger partial charge < -0.3 is 10.4 Å². The third kappa shape index (κ3) is 2.45. The highest BCUT2D eigenvalue weighted by molar-refractivity contribution is 5.96. The van der Waals surface area contributed by atoms with Gasteiger partial charge in [0.15, 0.2) is 5.78 Å². The van der Waals surface area contributed by atoms with Crippen LogP contribution in [0.2, 0.25) is 0 Å². The van der Waals surface area contributed by atoms with Crippen LogP contribution in [-0.2, 0) is 9.59 Å². The molecule has 1 unspecified atom stereocenters. The Morgan fingerprint density at radius 2 is 2.14 bits per heavy atom. The molecule has 0 bridgehead atoms. The number of allylic oxidation sites excluding steroid dienone is 2. The lowest BCUT2D eigenvalue weighted by molar-refractivity contribution is -0.119. The number of aliphatic hydroxyl groups is 1. The summed E-state index contributed by atoms with van der Waals surface area (Å²) in [5.41, 5.74) is 0.326. The monoisotopic (exact) mass is 195 g/mol. The normalized spacial score (nSPS) is 20.9. The molecule has 2 N–H and O–H groups in total. The number of ketones is 1. The molecule has 0 aromatic carbocycles. The van der Waals surface area contributed by atoms with E-state index in [1.54, 1.807) is 12.2 Å². The molecule has 0 aromatic rings. The van der Waals surface area contributed by atoms with Crippen LogP contribution in [0.4, 0.5) is 0 Å². The van der Waals surface area contributed by atoms with Crippen molar-refractivity contribution in [3.05, 3.63) is 23.5 Å². The first kappa shape index (κ1) is 10.5. The first-order valence-electron chi connectivity index (χ1n) is 4.39. The predicted molar refractivity (Wildman–Crippen MR) is 51.7 cm³/mol. The second kappa shape index (κ2) is 4.09. The highest BCUT2D eigenvalue weighted by atomic mass is 16.3. The molecule has 0 aliphatic heterocycles. The maximum atomic E-state index is 11.0. The summed E-state index contributed by atoms with van der Waals surface area (Å²) >= 11 is 0. The van der Waals surface area contributed by atoms with Crippen molar-refractivity contribution in [2.24, 2.45) is 0 Å². The molecule has 0 saturated carbocycles. The van der Waals surface area contributed by atoms with Crippen LogP contribution in [0.3, 0.4) is 0 Å². The van der Waals surface area contributed by atoms with Gasteiger partial charge in [0.05, 0.1) is 11.6 Å². The average molecular weight is 195 g/mol. The zero-order chi connectivity index (χ0) is 10.7. The molecule has 1 rings (SSSR count). The van der Waals surface area contributed by atoms with E-state index in [4.69, 9.17) is 0 Å². The summed E-state index contributed by atoms with van der Waals surface area (Å²) in [5.74, 6) is -0.280. The van der Waals surface area contributed by atoms with E-state index < -0.39 is 0 Å². The zero-order valence-electron chi connectivity index (χ0n) is 8.20. The smallest absolute Gasteiger partial charge is 0.217 e. The van der Waals surface area contributed by atoms with Crippen LogP contribution in [0.25, 0.3) is 0 Å². The molecule has 0 heterocycles. The fourth-order valence-corrected chi connectivity index (χ4v) is 1.38. The number of carbonyl (C=O) groups excluding carboxylic acids is 2. The number of nitrogens with one attached hydrogen (secondary N) is 1. The molecule has 76 valence electrons. The van der Waals surface area contributed by atoms with E-state index in [9.17, 15) is 14.7 Å². The van der Waals surface area contributed by atoms with Crippen LogP contribution in [0.5, 0.6) is 0 Å². The van der Waals surface area contributed by atoms with E-state index in [1.807, 2.05) is 0 Å². The van der Waals surface area contributed by atoms with E-state index in [2.05, 4.69) is 5.32 Å². The minimum atomic E-state index is -0.212. The lowest BCUT2D eigenvalue weighted by Gasteiger charge is -2.18. The van der Waals surface area contributed by atoms with Gasteiger partial charge in [-0.15, -0.1) is 0 Å². The van der Waals surface area contributed by atoms with Crippen LogP contribution < -0.4 is 5.32 Å². The van der Waals surface area contributed by atoms with Crippen LogP contribution >= 0.6 is 0 Å². The zero-order valence-corrected chi connectivity index (χ0v) is 8.20. The molecule has 0 aromatic heterocycles. The van der Waals surface area contributed by atoms with Crippen molar-refractivity contribution < 1.29 is 14.7 Å². The summed E-state index contributed by atoms with van der Waals surface area (Å²) in [6.45, 7) is 2.81. The van der Waals surface area contributed by atoms with Crippen molar-refractivity contribution in [3.63, 3.8) is 0 Å². The maximum Gasteiger partial charge on any atom is 0.217 e. The highest BCUT2D eigenvalue weighted by Gasteiger charge is 2.18. The standard InChI is InChI=1S/C10H13NO3/c1-6(12)9-4-3-8(5-10(9)14)11-7(2)13/h3-4,8,14H,5H2,1-2H3,(H,11,13). The summed E-state index contributed by atoms with van der Waals surface area (Å²) in [6, 6.07) is -0.212. The molecule has 0 saturated heterocycles. The van der Waals surface area contributed by atoms with E-state index >= 15 is 0 Å². The molecule has 0 radical (unpaired) electrons. The fourth-order valence-electron chi connectivity index (χ4n) is 1.38. The van der Waals surface area contributed by atoms with Gasteiger partial charge in [-0.3, -0.25) is 9.59 Å². The van der Waals surface area contributed by atoms with Gasteiger partial charge in [-0.1, -0.05) is 6.08 Å². The Bertz CT molecular complexity index is 328. The summed E-state index contributed by atoms with van der Waals surface area (Å²) in [4.78, 5) is 21.7. The lowest BCUT2D eigenvalue weighted by Crippen LogP contribution is -2.33. The topological polar surface area (TPSA) is 66.4 Å². The summed E-state index contributed by atoms with van der Waals surface area (Å²) in [5, 5.41) is 12.1. The molecular weight excluding hydrogens is 182 g/mol. The largest absolute Gasteiger partial charge is 0.511 e. The van der Waals surface area contributed by atoms with Gasteiger partial charge in [-0.05, 0) is 13.0 Å². The molecule has 1 atom stereocenters. The van der Waals surface area contributed by atoms with Crippen molar-refractivity contribution in [3.8, 4) is 0 Å². The summed E-state index contributed by atoms with van der Waals surface area (Å²) in [7, 11) is 0. The third-order valence-corrected chi connectivity index (χ3v) is 1.99. The van der Waals surface area contributed by atoms with Gasteiger partial charge in [0.1, 0.15) is 5.76 Å². The van der Waals surface area contributed by atoms with Gasteiger partial charge in [0.2, 0.25) is 5.91 Å². The molecule has 0 fully saturated rings. The van der Waals surface area contributed by atoms with Crippen LogP contribution in [-0.4, -0.2) is 22.8 Å². The number of carbonyl (C=O) groups is 2. The molecule has 1 aliphatic rings. The number of Topliss-reactive ketones (excluding diaryl/α,β-unsaturated/α-hetero) is 1. The molecule has 0 spiro atoms. The van der Waals surface area contributed by atoms with Gasteiger partial charge in [-0.2, -0.15) is 0 Å². The highest BCUT2D eigenvalue weighted by Crippen LogP contribution is 2.17. The summed E-state index contributed by atoms with van der Waals surface area (Å²) < 4.78 is 0. The number of hydrogen-bond acceptors (Lipinski definition) is 3. The second-order valence-electron chi connectivity index (χ2n) is 3.29. The van der Waals surface area contributed by atoms with Gasteiger partial charge in [0.25, 0.3) is 0 Å². The van der Waals surface area contributed by atoms with E-state index in [0.717, 1.165) is 0 Å². The first-order valence-corrected chi connectivity index (χ1v) is 4.39. The van der Waals surface area contributed by atoms with Crippen molar-refractivity contribution in [1.29, 1.82) is 0 Å². The first-order chi connectivity index (χ1) is 6.50. The molecular formula is C10H13NO3. The number of rotatable bonds is 2. The van der Waals surface area contributed by atoms with Crippen LogP contribution in [0.15, 0.2) is 23.5 Å². The fraction of sp³-hybridized carbons (Fsp3) is 0.400. The van der Waals surface area contributed by atoms with Gasteiger partial charge >= 0.3 is 0 Å². The summed E-state index contributed by atoms with van der Waals surface area (Å²) in [6.07, 6.45) is 3.53. The van der Waals surface area contributed by atoms with Gasteiger partial charge in [-0.25, -0.2) is 0 Å². The van der Waals surface area contributed by atoms with E-state index in [-0.39, 0.29) is 29.9 Å². The van der Waals surface area contributed by atoms with Crippen molar-refractivity contribution in [1.82, 2.24) is 5.32 Å². The van der Waals surface area contributed by atoms with Crippen molar-refractivity contribution in [2.75, 3.05) is 0 Å². The number of amides is 1. The molecule has 4 heteroatoms. The van der Waals surface area contributed by atoms with E-state index in [0.29, 0.717) is 5.57 Å². The molecule has 1 aliphatic carbocycles. The average Bonchev–Trinajstić information content (AvgIpc) is 2.01. The molecule has 4 nitrogen and oxygen atoms in total. The molecule has 1 amide bonds. The Morgan fingerprint density at radius 1 is 1.50 bits per heavy atom. The van der Waals surface area contributed by atoms with Crippen molar-refractivity contribution >= 4 is 11.7 Å². The van der Waals surface area contributed by atoms with Crippen LogP contribution in [0.1, 0.15) is 20.3 Å². The van der Waals surface area contributed by atoms with Crippen LogP contribution in [0, 0.1) is 0 Å². The predicted octanol–water partition coefficient (Wildman–Crippen LogP) is 0.852. The Hall–Kier alpha value is -1.58. The SMILES string of the molecule is CC(=O)NC1C=CC(C(C)=O)=C(O)C1. The quantitative estimate of drug-likeness (QED) is 0.686.